The van der Waals surface area contributed by atoms with Crippen LogP contribution in [0.15, 0.2) is 24.3 Å². The van der Waals surface area contributed by atoms with E-state index in [1.54, 1.807) is 12.1 Å². The van der Waals surface area contributed by atoms with Gasteiger partial charge in [-0.3, -0.25) is 0 Å². The van der Waals surface area contributed by atoms with Crippen molar-refractivity contribution in [3.8, 4) is 5.75 Å². The van der Waals surface area contributed by atoms with Gasteiger partial charge in [-0.1, -0.05) is 12.1 Å². The van der Waals surface area contributed by atoms with Crippen molar-refractivity contribution in [2.75, 3.05) is 13.1 Å². The number of rotatable bonds is 3. The number of carbonyl (C=O) groups is 1. The summed E-state index contributed by atoms with van der Waals surface area (Å²) in [6, 6.07) is 7.13. The van der Waals surface area contributed by atoms with Crippen molar-refractivity contribution in [1.82, 2.24) is 4.90 Å². The van der Waals surface area contributed by atoms with Gasteiger partial charge < -0.3 is 20.5 Å². The van der Waals surface area contributed by atoms with Gasteiger partial charge in [-0.25, -0.2) is 4.79 Å². The molecule has 2 atom stereocenters. The van der Waals surface area contributed by atoms with Crippen molar-refractivity contribution < 1.29 is 14.6 Å². The average molecular weight is 320 g/mol. The van der Waals surface area contributed by atoms with Crippen LogP contribution in [-0.4, -0.2) is 40.8 Å². The minimum absolute atomic E-state index is 0.0353. The van der Waals surface area contributed by atoms with E-state index in [-0.39, 0.29) is 23.8 Å². The Kier molecular flexibility index (Phi) is 5.52. The molecule has 2 unspecified atom stereocenters. The molecule has 1 fully saturated rings. The number of benzene rings is 1. The van der Waals surface area contributed by atoms with Gasteiger partial charge in [0.2, 0.25) is 0 Å². The van der Waals surface area contributed by atoms with Crippen molar-refractivity contribution in [1.29, 1.82) is 0 Å². The second kappa shape index (κ2) is 7.21. The summed E-state index contributed by atoms with van der Waals surface area (Å²) in [5, 5.41) is 9.47. The molecule has 1 aliphatic rings. The van der Waals surface area contributed by atoms with Gasteiger partial charge in [0.05, 0.1) is 0 Å². The number of hydrogen-bond donors (Lipinski definition) is 2. The second-order valence-electron chi connectivity index (χ2n) is 7.17. The van der Waals surface area contributed by atoms with Crippen LogP contribution in [0.25, 0.3) is 0 Å². The molecule has 128 valence electrons. The summed E-state index contributed by atoms with van der Waals surface area (Å²) in [6.07, 6.45) is 2.72. The minimum Gasteiger partial charge on any atom is -0.508 e. The first-order valence-corrected chi connectivity index (χ1v) is 8.30. The molecule has 0 bridgehead atoms. The first kappa shape index (κ1) is 17.6. The topological polar surface area (TPSA) is 75.8 Å². The van der Waals surface area contributed by atoms with Crippen LogP contribution in [0, 0.1) is 0 Å². The number of amides is 1. The number of ether oxygens (including phenoxy) is 1. The highest BCUT2D eigenvalue weighted by molar-refractivity contribution is 5.69. The number of piperidine rings is 1. The van der Waals surface area contributed by atoms with Crippen molar-refractivity contribution in [2.45, 2.75) is 57.6 Å². The van der Waals surface area contributed by atoms with Crippen LogP contribution in [0.4, 0.5) is 4.79 Å². The van der Waals surface area contributed by atoms with Gasteiger partial charge in [0, 0.05) is 25.0 Å². The number of phenolic OH excluding ortho intramolecular Hbond substituents is 1. The van der Waals surface area contributed by atoms with Gasteiger partial charge in [-0.15, -0.1) is 0 Å². The SMILES string of the molecule is CC(C)(C)OC(=O)N1CCCCC1C(CN)c1ccc(O)cc1. The molecule has 0 saturated carbocycles. The molecule has 1 aromatic rings. The Balaban J connectivity index is 2.21. The zero-order chi connectivity index (χ0) is 17.0. The molecule has 2 rings (SSSR count). The molecule has 3 N–H and O–H groups in total. The molecule has 1 heterocycles. The molecule has 5 nitrogen and oxygen atoms in total. The largest absolute Gasteiger partial charge is 0.508 e. The van der Waals surface area contributed by atoms with Crippen molar-refractivity contribution in [3.63, 3.8) is 0 Å². The van der Waals surface area contributed by atoms with E-state index in [1.165, 1.54) is 0 Å². The third-order valence-electron chi connectivity index (χ3n) is 4.22. The maximum atomic E-state index is 12.6. The summed E-state index contributed by atoms with van der Waals surface area (Å²) in [7, 11) is 0. The Morgan fingerprint density at radius 1 is 1.35 bits per heavy atom. The predicted molar refractivity (Wildman–Crippen MR) is 90.5 cm³/mol. The maximum absolute atomic E-state index is 12.6. The molecule has 1 saturated heterocycles. The average Bonchev–Trinajstić information content (AvgIpc) is 2.48. The van der Waals surface area contributed by atoms with Gasteiger partial charge in [0.15, 0.2) is 0 Å². The summed E-state index contributed by atoms with van der Waals surface area (Å²) in [6.45, 7) is 6.79. The van der Waals surface area contributed by atoms with Crippen LogP contribution in [0.3, 0.4) is 0 Å². The first-order valence-electron chi connectivity index (χ1n) is 8.30. The number of phenols is 1. The van der Waals surface area contributed by atoms with E-state index in [4.69, 9.17) is 10.5 Å². The Morgan fingerprint density at radius 3 is 2.57 bits per heavy atom. The minimum atomic E-state index is -0.504. The van der Waals surface area contributed by atoms with Gasteiger partial charge in [0.1, 0.15) is 11.4 Å². The highest BCUT2D eigenvalue weighted by Gasteiger charge is 2.35. The smallest absolute Gasteiger partial charge is 0.410 e. The molecule has 1 aromatic carbocycles. The van der Waals surface area contributed by atoms with Crippen LogP contribution in [-0.2, 0) is 4.74 Å². The monoisotopic (exact) mass is 320 g/mol. The highest BCUT2D eigenvalue weighted by Crippen LogP contribution is 2.31. The molecule has 0 radical (unpaired) electrons. The molecule has 0 aromatic heterocycles. The van der Waals surface area contributed by atoms with Crippen molar-refractivity contribution in [2.24, 2.45) is 5.73 Å². The van der Waals surface area contributed by atoms with E-state index in [9.17, 15) is 9.90 Å². The van der Waals surface area contributed by atoms with Gasteiger partial charge in [0.25, 0.3) is 0 Å². The summed E-state index contributed by atoms with van der Waals surface area (Å²) < 4.78 is 5.56. The highest BCUT2D eigenvalue weighted by atomic mass is 16.6. The normalized spacial score (nSPS) is 20.2. The van der Waals surface area contributed by atoms with Crippen molar-refractivity contribution in [3.05, 3.63) is 29.8 Å². The van der Waals surface area contributed by atoms with E-state index in [0.29, 0.717) is 13.1 Å². The number of hydrogen-bond acceptors (Lipinski definition) is 4. The van der Waals surface area contributed by atoms with Gasteiger partial charge >= 0.3 is 6.09 Å². The summed E-state index contributed by atoms with van der Waals surface area (Å²) >= 11 is 0. The number of carbonyl (C=O) groups excluding carboxylic acids is 1. The molecular weight excluding hydrogens is 292 g/mol. The molecule has 5 heteroatoms. The van der Waals surface area contributed by atoms with Gasteiger partial charge in [-0.2, -0.15) is 0 Å². The lowest BCUT2D eigenvalue weighted by Gasteiger charge is -2.40. The first-order chi connectivity index (χ1) is 10.8. The summed E-state index contributed by atoms with van der Waals surface area (Å²) in [4.78, 5) is 14.4. The summed E-state index contributed by atoms with van der Waals surface area (Å²) in [5.41, 5.74) is 6.56. The zero-order valence-electron chi connectivity index (χ0n) is 14.3. The molecular formula is C18H28N2O3. The zero-order valence-corrected chi connectivity index (χ0v) is 14.3. The number of nitrogens with zero attached hydrogens (tertiary/aromatic N) is 1. The number of nitrogens with two attached hydrogens (primary N) is 1. The van der Waals surface area contributed by atoms with E-state index in [2.05, 4.69) is 0 Å². The van der Waals surface area contributed by atoms with Crippen LogP contribution < -0.4 is 5.73 Å². The summed E-state index contributed by atoms with van der Waals surface area (Å²) in [5.74, 6) is 0.278. The lowest BCUT2D eigenvalue weighted by atomic mass is 9.85. The molecule has 0 spiro atoms. The Labute approximate surface area is 138 Å². The van der Waals surface area contributed by atoms with E-state index in [0.717, 1.165) is 24.8 Å². The van der Waals surface area contributed by atoms with Crippen LogP contribution in [0.1, 0.15) is 51.5 Å². The molecule has 23 heavy (non-hydrogen) atoms. The number of likely N-dealkylation sites (tertiary alicyclic amines) is 1. The van der Waals surface area contributed by atoms with Crippen LogP contribution >= 0.6 is 0 Å². The van der Waals surface area contributed by atoms with E-state index in [1.807, 2.05) is 37.8 Å². The molecule has 0 aliphatic carbocycles. The Morgan fingerprint density at radius 2 is 2.00 bits per heavy atom. The third-order valence-corrected chi connectivity index (χ3v) is 4.22. The standard InChI is InChI=1S/C18H28N2O3/c1-18(2,3)23-17(22)20-11-5-4-6-16(20)15(12-19)13-7-9-14(21)10-8-13/h7-10,15-16,21H,4-6,11-12,19H2,1-3H3. The lowest BCUT2D eigenvalue weighted by molar-refractivity contribution is 0.00664. The van der Waals surface area contributed by atoms with Crippen LogP contribution in [0.2, 0.25) is 0 Å². The molecule has 1 aliphatic heterocycles. The Hall–Kier alpha value is -1.75. The van der Waals surface area contributed by atoms with E-state index < -0.39 is 5.60 Å². The fourth-order valence-electron chi connectivity index (χ4n) is 3.16. The second-order valence-corrected chi connectivity index (χ2v) is 7.17. The quantitative estimate of drug-likeness (QED) is 0.896. The fraction of sp³-hybridized carbons (Fsp3) is 0.611. The third kappa shape index (κ3) is 4.61. The van der Waals surface area contributed by atoms with Gasteiger partial charge in [-0.05, 0) is 57.7 Å². The Bertz CT molecular complexity index is 522. The predicted octanol–water partition coefficient (Wildman–Crippen LogP) is 3.22. The van der Waals surface area contributed by atoms with Crippen LogP contribution in [0.5, 0.6) is 5.75 Å². The number of aromatic hydroxyl groups is 1. The lowest BCUT2D eigenvalue weighted by Crippen LogP contribution is -2.50. The molecule has 1 amide bonds. The van der Waals surface area contributed by atoms with E-state index >= 15 is 0 Å². The van der Waals surface area contributed by atoms with Crippen molar-refractivity contribution >= 4 is 6.09 Å². The fourth-order valence-corrected chi connectivity index (χ4v) is 3.16. The maximum Gasteiger partial charge on any atom is 0.410 e.